The molecule has 3 heterocycles. The number of nitrogens with zero attached hydrogens (tertiary/aromatic N) is 3. The van der Waals surface area contributed by atoms with Gasteiger partial charge in [0, 0.05) is 13.1 Å². The van der Waals surface area contributed by atoms with Gasteiger partial charge in [-0.05, 0) is 57.7 Å². The van der Waals surface area contributed by atoms with Crippen LogP contribution in [0.5, 0.6) is 0 Å². The van der Waals surface area contributed by atoms with Crippen LogP contribution in [-0.2, 0) is 0 Å². The van der Waals surface area contributed by atoms with E-state index in [9.17, 15) is 0 Å². The highest BCUT2D eigenvalue weighted by Crippen LogP contribution is 2.28. The molecule has 0 spiro atoms. The van der Waals surface area contributed by atoms with Gasteiger partial charge in [-0.2, -0.15) is 0 Å². The molecule has 1 aliphatic rings. The van der Waals surface area contributed by atoms with Crippen LogP contribution >= 0.6 is 0 Å². The minimum absolute atomic E-state index is 0.770. The molecule has 0 radical (unpaired) electrons. The molecule has 118 valence electrons. The molecular weight excluding hydrogens is 276 g/mol. The Balaban J connectivity index is 1.78. The van der Waals surface area contributed by atoms with Gasteiger partial charge in [0.05, 0.1) is 17.0 Å². The number of aryl methyl sites for hydroxylation is 2. The summed E-state index contributed by atoms with van der Waals surface area (Å²) in [7, 11) is 0. The van der Waals surface area contributed by atoms with E-state index in [-0.39, 0.29) is 0 Å². The van der Waals surface area contributed by atoms with Gasteiger partial charge in [0.25, 0.3) is 0 Å². The highest BCUT2D eigenvalue weighted by atomic mass is 16.5. The van der Waals surface area contributed by atoms with Crippen molar-refractivity contribution >= 4 is 5.82 Å². The van der Waals surface area contributed by atoms with Crippen molar-refractivity contribution in [3.05, 3.63) is 29.7 Å². The van der Waals surface area contributed by atoms with Gasteiger partial charge in [-0.1, -0.05) is 11.2 Å². The second-order valence-electron chi connectivity index (χ2n) is 6.09. The molecule has 0 saturated carbocycles. The summed E-state index contributed by atoms with van der Waals surface area (Å²) in [6.45, 7) is 6.80. The number of hydrogen-bond donors (Lipinski definition) is 1. The Labute approximate surface area is 131 Å². The van der Waals surface area contributed by atoms with Crippen LogP contribution in [0.1, 0.15) is 30.7 Å². The minimum Gasteiger partial charge on any atom is -0.361 e. The van der Waals surface area contributed by atoms with Crippen molar-refractivity contribution in [2.45, 2.75) is 33.1 Å². The van der Waals surface area contributed by atoms with Gasteiger partial charge in [-0.15, -0.1) is 0 Å². The maximum absolute atomic E-state index is 5.67. The maximum Gasteiger partial charge on any atom is 0.143 e. The van der Waals surface area contributed by atoms with Crippen molar-refractivity contribution in [3.63, 3.8) is 0 Å². The standard InChI is InChI=1S/C17H24N4O/c1-12-17(13(2)22-20-12)15-4-3-5-16(19-15)21-10-7-14(6-9-18)8-11-21/h3-5,14H,6-11,18H2,1-2H3. The zero-order valence-corrected chi connectivity index (χ0v) is 13.4. The monoisotopic (exact) mass is 300 g/mol. The summed E-state index contributed by atoms with van der Waals surface area (Å²) in [4.78, 5) is 7.20. The van der Waals surface area contributed by atoms with Crippen LogP contribution in [0.2, 0.25) is 0 Å². The van der Waals surface area contributed by atoms with Crippen LogP contribution in [0.25, 0.3) is 11.3 Å². The van der Waals surface area contributed by atoms with Crippen molar-refractivity contribution in [1.29, 1.82) is 0 Å². The summed E-state index contributed by atoms with van der Waals surface area (Å²) in [6, 6.07) is 6.18. The molecular formula is C17H24N4O. The number of hydrogen-bond acceptors (Lipinski definition) is 5. The molecule has 5 heteroatoms. The first-order valence-corrected chi connectivity index (χ1v) is 8.04. The summed E-state index contributed by atoms with van der Waals surface area (Å²) in [6.07, 6.45) is 3.54. The lowest BCUT2D eigenvalue weighted by Gasteiger charge is -2.32. The quantitative estimate of drug-likeness (QED) is 0.940. The first-order valence-electron chi connectivity index (χ1n) is 8.04. The zero-order valence-electron chi connectivity index (χ0n) is 13.4. The average molecular weight is 300 g/mol. The largest absolute Gasteiger partial charge is 0.361 e. The Kier molecular flexibility index (Phi) is 4.43. The number of rotatable bonds is 4. The number of nitrogens with two attached hydrogens (primary N) is 1. The summed E-state index contributed by atoms with van der Waals surface area (Å²) in [5.41, 5.74) is 8.52. The van der Waals surface area contributed by atoms with E-state index in [2.05, 4.69) is 22.2 Å². The van der Waals surface area contributed by atoms with Gasteiger partial charge in [-0.25, -0.2) is 4.98 Å². The molecule has 0 bridgehead atoms. The third kappa shape index (κ3) is 2.99. The van der Waals surface area contributed by atoms with Crippen molar-refractivity contribution in [2.75, 3.05) is 24.5 Å². The molecule has 3 rings (SSSR count). The first kappa shape index (κ1) is 15.0. The van der Waals surface area contributed by atoms with Crippen LogP contribution in [0.3, 0.4) is 0 Å². The summed E-state index contributed by atoms with van der Waals surface area (Å²) in [5, 5.41) is 4.02. The van der Waals surface area contributed by atoms with Gasteiger partial charge in [0.1, 0.15) is 11.6 Å². The molecule has 0 amide bonds. The van der Waals surface area contributed by atoms with Crippen molar-refractivity contribution in [3.8, 4) is 11.3 Å². The van der Waals surface area contributed by atoms with E-state index >= 15 is 0 Å². The van der Waals surface area contributed by atoms with Gasteiger partial charge in [0.15, 0.2) is 0 Å². The third-order valence-electron chi connectivity index (χ3n) is 4.54. The Morgan fingerprint density at radius 3 is 2.68 bits per heavy atom. The predicted molar refractivity (Wildman–Crippen MR) is 87.8 cm³/mol. The number of piperidine rings is 1. The fourth-order valence-electron chi connectivity index (χ4n) is 3.27. The van der Waals surface area contributed by atoms with Crippen LogP contribution < -0.4 is 10.6 Å². The number of anilines is 1. The van der Waals surface area contributed by atoms with Gasteiger partial charge >= 0.3 is 0 Å². The van der Waals surface area contributed by atoms with Crippen LogP contribution in [0.4, 0.5) is 5.82 Å². The lowest BCUT2D eigenvalue weighted by Crippen LogP contribution is -2.34. The minimum atomic E-state index is 0.770. The number of pyridine rings is 1. The molecule has 1 saturated heterocycles. The molecule has 22 heavy (non-hydrogen) atoms. The topological polar surface area (TPSA) is 68.2 Å². The van der Waals surface area contributed by atoms with Gasteiger partial charge in [-0.3, -0.25) is 0 Å². The normalized spacial score (nSPS) is 16.2. The Morgan fingerprint density at radius 2 is 2.05 bits per heavy atom. The fourth-order valence-corrected chi connectivity index (χ4v) is 3.27. The van der Waals surface area contributed by atoms with E-state index in [1.54, 1.807) is 0 Å². The van der Waals surface area contributed by atoms with Crippen molar-refractivity contribution in [1.82, 2.24) is 10.1 Å². The zero-order chi connectivity index (χ0) is 15.5. The predicted octanol–water partition coefficient (Wildman–Crippen LogP) is 2.92. The second kappa shape index (κ2) is 6.48. The summed E-state index contributed by atoms with van der Waals surface area (Å²) in [5.74, 6) is 2.64. The maximum atomic E-state index is 5.67. The van der Waals surface area contributed by atoms with E-state index in [1.165, 1.54) is 12.8 Å². The molecule has 1 fully saturated rings. The lowest BCUT2D eigenvalue weighted by molar-refractivity contribution is 0.385. The highest BCUT2D eigenvalue weighted by molar-refractivity contribution is 5.65. The van der Waals surface area contributed by atoms with Gasteiger partial charge < -0.3 is 15.2 Å². The van der Waals surface area contributed by atoms with E-state index in [1.807, 2.05) is 19.9 Å². The Morgan fingerprint density at radius 1 is 1.27 bits per heavy atom. The lowest BCUT2D eigenvalue weighted by atomic mass is 9.93. The molecule has 0 aliphatic carbocycles. The third-order valence-corrected chi connectivity index (χ3v) is 4.54. The summed E-state index contributed by atoms with van der Waals surface area (Å²) < 4.78 is 5.26. The Bertz CT molecular complexity index is 610. The van der Waals surface area contributed by atoms with E-state index in [4.69, 9.17) is 15.2 Å². The average Bonchev–Trinajstić information content (AvgIpc) is 2.87. The Hall–Kier alpha value is -1.88. The smallest absolute Gasteiger partial charge is 0.143 e. The molecule has 0 aromatic carbocycles. The van der Waals surface area contributed by atoms with Crippen LogP contribution in [-0.4, -0.2) is 29.8 Å². The van der Waals surface area contributed by atoms with Crippen molar-refractivity contribution < 1.29 is 4.52 Å². The second-order valence-corrected chi connectivity index (χ2v) is 6.09. The highest BCUT2D eigenvalue weighted by Gasteiger charge is 2.20. The van der Waals surface area contributed by atoms with Crippen LogP contribution in [0, 0.1) is 19.8 Å². The summed E-state index contributed by atoms with van der Waals surface area (Å²) >= 11 is 0. The molecule has 0 unspecified atom stereocenters. The van der Waals surface area contributed by atoms with Crippen molar-refractivity contribution in [2.24, 2.45) is 11.7 Å². The number of aromatic nitrogens is 2. The van der Waals surface area contributed by atoms with Crippen LogP contribution in [0.15, 0.2) is 22.7 Å². The van der Waals surface area contributed by atoms with E-state index in [0.29, 0.717) is 0 Å². The first-order chi connectivity index (χ1) is 10.7. The molecule has 2 aromatic rings. The van der Waals surface area contributed by atoms with E-state index in [0.717, 1.165) is 60.5 Å². The van der Waals surface area contributed by atoms with E-state index < -0.39 is 0 Å². The SMILES string of the molecule is Cc1noc(C)c1-c1cccc(N2CCC(CCN)CC2)n1. The molecule has 0 atom stereocenters. The molecule has 2 aromatic heterocycles. The van der Waals surface area contributed by atoms with Gasteiger partial charge in [0.2, 0.25) is 0 Å². The molecule has 5 nitrogen and oxygen atoms in total. The molecule has 1 aliphatic heterocycles. The molecule has 2 N–H and O–H groups in total. The fraction of sp³-hybridized carbons (Fsp3) is 0.529.